The van der Waals surface area contributed by atoms with Crippen LogP contribution in [0.3, 0.4) is 0 Å². The Morgan fingerprint density at radius 3 is 2.79 bits per heavy atom. The Bertz CT molecular complexity index is 628. The van der Waals surface area contributed by atoms with Gasteiger partial charge < -0.3 is 9.88 Å². The molecule has 0 saturated heterocycles. The van der Waals surface area contributed by atoms with Gasteiger partial charge in [-0.15, -0.1) is 11.3 Å². The van der Waals surface area contributed by atoms with Crippen molar-refractivity contribution in [2.75, 3.05) is 11.9 Å². The van der Waals surface area contributed by atoms with E-state index >= 15 is 0 Å². The summed E-state index contributed by atoms with van der Waals surface area (Å²) in [5, 5.41) is 5.94. The number of aromatic nitrogens is 2. The second-order valence-electron chi connectivity index (χ2n) is 4.73. The van der Waals surface area contributed by atoms with Crippen LogP contribution in [0, 0.1) is 6.92 Å². The van der Waals surface area contributed by atoms with Crippen LogP contribution in [0.4, 0.5) is 5.13 Å². The first-order valence-corrected chi connectivity index (χ1v) is 7.34. The van der Waals surface area contributed by atoms with E-state index in [2.05, 4.69) is 10.3 Å². The van der Waals surface area contributed by atoms with Gasteiger partial charge in [0.05, 0.1) is 11.3 Å². The summed E-state index contributed by atoms with van der Waals surface area (Å²) in [5.41, 5.74) is 2.43. The molecule has 2 aromatic heterocycles. The fraction of sp³-hybridized carbons (Fsp3) is 0.429. The molecule has 0 amide bonds. The zero-order chi connectivity index (χ0) is 14.0. The molecule has 4 nitrogen and oxygen atoms in total. The van der Waals surface area contributed by atoms with Crippen molar-refractivity contribution < 1.29 is 0 Å². The number of nitrogens with one attached hydrogen (secondary N) is 1. The molecular weight excluding hydrogens is 258 g/mol. The van der Waals surface area contributed by atoms with Gasteiger partial charge in [0.1, 0.15) is 0 Å². The predicted octanol–water partition coefficient (Wildman–Crippen LogP) is 3.29. The molecule has 0 unspecified atom stereocenters. The molecule has 5 heteroatoms. The first-order valence-electron chi connectivity index (χ1n) is 6.46. The summed E-state index contributed by atoms with van der Waals surface area (Å²) in [7, 11) is 0. The van der Waals surface area contributed by atoms with Crippen molar-refractivity contribution in [3.63, 3.8) is 0 Å². The highest BCUT2D eigenvalue weighted by Crippen LogP contribution is 2.23. The zero-order valence-corrected chi connectivity index (χ0v) is 12.5. The lowest BCUT2D eigenvalue weighted by molar-refractivity contribution is 0.564. The number of hydrogen-bond acceptors (Lipinski definition) is 4. The molecule has 0 aromatic carbocycles. The van der Waals surface area contributed by atoms with E-state index in [1.807, 2.05) is 49.8 Å². The minimum Gasteiger partial charge on any atom is -0.362 e. The molecule has 0 aliphatic carbocycles. The number of anilines is 1. The second-order valence-corrected chi connectivity index (χ2v) is 5.58. The molecule has 19 heavy (non-hydrogen) atoms. The van der Waals surface area contributed by atoms with Gasteiger partial charge >= 0.3 is 0 Å². The summed E-state index contributed by atoms with van der Waals surface area (Å²) in [6, 6.07) is 3.99. The zero-order valence-electron chi connectivity index (χ0n) is 11.7. The number of rotatable bonds is 4. The Hall–Kier alpha value is -1.62. The average molecular weight is 277 g/mol. The van der Waals surface area contributed by atoms with Gasteiger partial charge in [0.25, 0.3) is 5.56 Å². The van der Waals surface area contributed by atoms with E-state index in [1.165, 1.54) is 11.3 Å². The van der Waals surface area contributed by atoms with Crippen LogP contribution in [-0.2, 0) is 0 Å². The Morgan fingerprint density at radius 2 is 2.16 bits per heavy atom. The molecule has 0 atom stereocenters. The van der Waals surface area contributed by atoms with Crippen LogP contribution in [0.15, 0.2) is 22.3 Å². The van der Waals surface area contributed by atoms with Crippen molar-refractivity contribution in [2.24, 2.45) is 0 Å². The molecular formula is C14H19N3OS. The monoisotopic (exact) mass is 277 g/mol. The second kappa shape index (κ2) is 5.57. The van der Waals surface area contributed by atoms with E-state index in [-0.39, 0.29) is 11.6 Å². The maximum absolute atomic E-state index is 12.5. The van der Waals surface area contributed by atoms with Crippen molar-refractivity contribution in [2.45, 2.75) is 33.7 Å². The summed E-state index contributed by atoms with van der Waals surface area (Å²) >= 11 is 1.53. The van der Waals surface area contributed by atoms with E-state index in [9.17, 15) is 4.79 Å². The van der Waals surface area contributed by atoms with E-state index in [1.54, 1.807) is 0 Å². The molecule has 0 fully saturated rings. The third-order valence-corrected chi connectivity index (χ3v) is 3.74. The number of pyridine rings is 1. The van der Waals surface area contributed by atoms with Gasteiger partial charge in [0.2, 0.25) is 0 Å². The highest BCUT2D eigenvalue weighted by atomic mass is 32.1. The van der Waals surface area contributed by atoms with E-state index in [0.29, 0.717) is 5.56 Å². The molecule has 102 valence electrons. The van der Waals surface area contributed by atoms with Gasteiger partial charge in [0.15, 0.2) is 5.13 Å². The number of aryl methyl sites for hydroxylation is 1. The first-order chi connectivity index (χ1) is 9.04. The molecule has 0 bridgehead atoms. The van der Waals surface area contributed by atoms with Gasteiger partial charge in [-0.1, -0.05) is 0 Å². The molecule has 2 aromatic rings. The molecule has 0 aliphatic heterocycles. The standard InChI is InChI=1S/C14H19N3OS/c1-5-15-14-16-12(8-19-14)11-7-6-10(4)17(9(2)3)13(11)18/h6-9H,5H2,1-4H3,(H,15,16). The Labute approximate surface area is 117 Å². The van der Waals surface area contributed by atoms with E-state index in [0.717, 1.165) is 23.1 Å². The van der Waals surface area contributed by atoms with Gasteiger partial charge in [-0.05, 0) is 39.8 Å². The summed E-state index contributed by atoms with van der Waals surface area (Å²) in [5.74, 6) is 0. The molecule has 2 heterocycles. The van der Waals surface area contributed by atoms with Crippen LogP contribution in [-0.4, -0.2) is 16.1 Å². The molecule has 2 rings (SSSR count). The Kier molecular flexibility index (Phi) is 4.04. The number of thiazole rings is 1. The summed E-state index contributed by atoms with van der Waals surface area (Å²) in [6.07, 6.45) is 0. The van der Waals surface area contributed by atoms with Crippen LogP contribution in [0.1, 0.15) is 32.5 Å². The van der Waals surface area contributed by atoms with E-state index < -0.39 is 0 Å². The summed E-state index contributed by atoms with van der Waals surface area (Å²) in [6.45, 7) is 8.85. The fourth-order valence-corrected chi connectivity index (χ4v) is 2.89. The number of nitrogens with zero attached hydrogens (tertiary/aromatic N) is 2. The maximum atomic E-state index is 12.5. The minimum absolute atomic E-state index is 0.0309. The summed E-state index contributed by atoms with van der Waals surface area (Å²) in [4.78, 5) is 17.0. The third kappa shape index (κ3) is 2.71. The van der Waals surface area contributed by atoms with Crippen molar-refractivity contribution in [1.82, 2.24) is 9.55 Å². The molecule has 0 aliphatic rings. The Morgan fingerprint density at radius 1 is 1.42 bits per heavy atom. The van der Waals surface area contributed by atoms with Crippen molar-refractivity contribution in [1.29, 1.82) is 0 Å². The van der Waals surface area contributed by atoms with Crippen LogP contribution >= 0.6 is 11.3 Å². The topological polar surface area (TPSA) is 46.9 Å². The van der Waals surface area contributed by atoms with Gasteiger partial charge in [0, 0.05) is 23.7 Å². The smallest absolute Gasteiger partial charge is 0.260 e. The normalized spacial score (nSPS) is 11.0. The van der Waals surface area contributed by atoms with Crippen LogP contribution in [0.2, 0.25) is 0 Å². The van der Waals surface area contributed by atoms with Crippen molar-refractivity contribution >= 4 is 16.5 Å². The molecule has 0 radical (unpaired) electrons. The van der Waals surface area contributed by atoms with Gasteiger partial charge in [-0.3, -0.25) is 4.79 Å². The predicted molar refractivity (Wildman–Crippen MR) is 81.1 cm³/mol. The first kappa shape index (κ1) is 13.8. The molecule has 0 spiro atoms. The third-order valence-electron chi connectivity index (χ3n) is 2.94. The lowest BCUT2D eigenvalue weighted by atomic mass is 10.2. The minimum atomic E-state index is 0.0309. The van der Waals surface area contributed by atoms with Crippen LogP contribution in [0.25, 0.3) is 11.3 Å². The van der Waals surface area contributed by atoms with Crippen molar-refractivity contribution in [3.05, 3.63) is 33.6 Å². The lowest BCUT2D eigenvalue weighted by Gasteiger charge is -2.14. The summed E-state index contributed by atoms with van der Waals surface area (Å²) < 4.78 is 1.81. The lowest BCUT2D eigenvalue weighted by Crippen LogP contribution is -2.25. The quantitative estimate of drug-likeness (QED) is 0.932. The molecule has 0 saturated carbocycles. The SMILES string of the molecule is CCNc1nc(-c2ccc(C)n(C(C)C)c2=O)cs1. The van der Waals surface area contributed by atoms with Crippen LogP contribution in [0.5, 0.6) is 0 Å². The van der Waals surface area contributed by atoms with Gasteiger partial charge in [-0.2, -0.15) is 0 Å². The van der Waals surface area contributed by atoms with Crippen LogP contribution < -0.4 is 10.9 Å². The Balaban J connectivity index is 2.50. The van der Waals surface area contributed by atoms with Gasteiger partial charge in [-0.25, -0.2) is 4.98 Å². The highest BCUT2D eigenvalue weighted by molar-refractivity contribution is 7.14. The van der Waals surface area contributed by atoms with E-state index in [4.69, 9.17) is 0 Å². The highest BCUT2D eigenvalue weighted by Gasteiger charge is 2.13. The fourth-order valence-electron chi connectivity index (χ4n) is 2.11. The molecule has 1 N–H and O–H groups in total. The largest absolute Gasteiger partial charge is 0.362 e. The average Bonchev–Trinajstić information content (AvgIpc) is 2.77. The maximum Gasteiger partial charge on any atom is 0.260 e. The van der Waals surface area contributed by atoms with Crippen molar-refractivity contribution in [3.8, 4) is 11.3 Å². The number of hydrogen-bond donors (Lipinski definition) is 1.